The van der Waals surface area contributed by atoms with Crippen LogP contribution in [0.5, 0.6) is 0 Å². The second kappa shape index (κ2) is 6.84. The molecule has 1 heterocycles. The predicted octanol–water partition coefficient (Wildman–Crippen LogP) is 2.74. The zero-order valence-corrected chi connectivity index (χ0v) is 12.3. The molecule has 1 aliphatic rings. The molecule has 0 saturated carbocycles. The Hall–Kier alpha value is -1.42. The van der Waals surface area contributed by atoms with Gasteiger partial charge >= 0.3 is 0 Å². The second-order valence-corrected chi connectivity index (χ2v) is 5.47. The van der Waals surface area contributed by atoms with E-state index in [0.717, 1.165) is 43.5 Å². The molecule has 1 aliphatic heterocycles. The monoisotopic (exact) mass is 278 g/mol. The Morgan fingerprint density at radius 2 is 2.10 bits per heavy atom. The summed E-state index contributed by atoms with van der Waals surface area (Å²) in [7, 11) is 0. The summed E-state index contributed by atoms with van der Waals surface area (Å²) in [4.78, 5) is 12.0. The summed E-state index contributed by atoms with van der Waals surface area (Å²) >= 11 is 0. The Kier molecular flexibility index (Phi) is 5.12. The first kappa shape index (κ1) is 15.0. The van der Waals surface area contributed by atoms with Crippen LogP contribution in [0.15, 0.2) is 12.1 Å². The summed E-state index contributed by atoms with van der Waals surface area (Å²) in [5, 5.41) is 6.05. The van der Waals surface area contributed by atoms with Gasteiger partial charge in [0.15, 0.2) is 0 Å². The highest BCUT2D eigenvalue weighted by Gasteiger charge is 2.20. The first-order chi connectivity index (χ1) is 9.63. The van der Waals surface area contributed by atoms with E-state index in [1.54, 1.807) is 6.07 Å². The zero-order valence-electron chi connectivity index (χ0n) is 12.3. The van der Waals surface area contributed by atoms with Gasteiger partial charge < -0.3 is 10.6 Å². The number of amides is 1. The van der Waals surface area contributed by atoms with Gasteiger partial charge in [-0.25, -0.2) is 4.39 Å². The third kappa shape index (κ3) is 3.37. The molecule has 2 N–H and O–H groups in total. The van der Waals surface area contributed by atoms with E-state index in [9.17, 15) is 9.18 Å². The molecule has 1 aromatic carbocycles. The molecule has 2 rings (SSSR count). The van der Waals surface area contributed by atoms with Crippen molar-refractivity contribution in [3.05, 3.63) is 34.6 Å². The SMILES string of the molecule is CCCNC(=O)c1c(C)cc(C2CCNCC2)cc1F. The largest absolute Gasteiger partial charge is 0.352 e. The molecule has 1 fully saturated rings. The highest BCUT2D eigenvalue weighted by molar-refractivity contribution is 5.96. The van der Waals surface area contributed by atoms with Crippen LogP contribution >= 0.6 is 0 Å². The van der Waals surface area contributed by atoms with Crippen molar-refractivity contribution in [2.75, 3.05) is 19.6 Å². The highest BCUT2D eigenvalue weighted by Crippen LogP contribution is 2.28. The van der Waals surface area contributed by atoms with Crippen LogP contribution < -0.4 is 10.6 Å². The fourth-order valence-electron chi connectivity index (χ4n) is 2.78. The Morgan fingerprint density at radius 1 is 1.40 bits per heavy atom. The maximum Gasteiger partial charge on any atom is 0.254 e. The highest BCUT2D eigenvalue weighted by atomic mass is 19.1. The average molecular weight is 278 g/mol. The summed E-state index contributed by atoms with van der Waals surface area (Å²) in [6.45, 7) is 6.32. The van der Waals surface area contributed by atoms with Crippen LogP contribution in [0, 0.1) is 12.7 Å². The van der Waals surface area contributed by atoms with Crippen LogP contribution in [0.25, 0.3) is 0 Å². The third-order valence-electron chi connectivity index (χ3n) is 3.88. The number of carbonyl (C=O) groups excluding carboxylic acids is 1. The van der Waals surface area contributed by atoms with E-state index < -0.39 is 5.82 Å². The molecule has 20 heavy (non-hydrogen) atoms. The average Bonchev–Trinajstić information content (AvgIpc) is 2.45. The van der Waals surface area contributed by atoms with Crippen molar-refractivity contribution in [3.63, 3.8) is 0 Å². The Morgan fingerprint density at radius 3 is 2.70 bits per heavy atom. The van der Waals surface area contributed by atoms with Gasteiger partial charge in [0.1, 0.15) is 5.82 Å². The van der Waals surface area contributed by atoms with E-state index in [-0.39, 0.29) is 11.5 Å². The first-order valence-corrected chi connectivity index (χ1v) is 7.42. The van der Waals surface area contributed by atoms with Gasteiger partial charge in [-0.3, -0.25) is 4.79 Å². The normalized spacial score (nSPS) is 16.1. The molecule has 0 bridgehead atoms. The van der Waals surface area contributed by atoms with E-state index in [1.165, 1.54) is 0 Å². The van der Waals surface area contributed by atoms with Gasteiger partial charge in [0.2, 0.25) is 0 Å². The van der Waals surface area contributed by atoms with Crippen molar-refractivity contribution in [2.24, 2.45) is 0 Å². The number of nitrogens with one attached hydrogen (secondary N) is 2. The van der Waals surface area contributed by atoms with Gasteiger partial charge in [0, 0.05) is 6.54 Å². The van der Waals surface area contributed by atoms with Crippen molar-refractivity contribution in [1.29, 1.82) is 0 Å². The molecular formula is C16H23FN2O. The van der Waals surface area contributed by atoms with Gasteiger partial charge in [-0.15, -0.1) is 0 Å². The molecule has 110 valence electrons. The zero-order chi connectivity index (χ0) is 14.5. The van der Waals surface area contributed by atoms with Crippen LogP contribution in [-0.2, 0) is 0 Å². The Balaban J connectivity index is 2.21. The van der Waals surface area contributed by atoms with Gasteiger partial charge in [-0.05, 0) is 62.4 Å². The summed E-state index contributed by atoms with van der Waals surface area (Å²) < 4.78 is 14.3. The van der Waals surface area contributed by atoms with Crippen molar-refractivity contribution < 1.29 is 9.18 Å². The minimum absolute atomic E-state index is 0.191. The quantitative estimate of drug-likeness (QED) is 0.889. The van der Waals surface area contributed by atoms with E-state index >= 15 is 0 Å². The summed E-state index contributed by atoms with van der Waals surface area (Å²) in [5.41, 5.74) is 1.94. The molecule has 0 unspecified atom stereocenters. The minimum Gasteiger partial charge on any atom is -0.352 e. The number of hydrogen-bond donors (Lipinski definition) is 2. The number of aryl methyl sites for hydroxylation is 1. The summed E-state index contributed by atoms with van der Waals surface area (Å²) in [5.74, 6) is -0.303. The van der Waals surface area contributed by atoms with Crippen molar-refractivity contribution in [1.82, 2.24) is 10.6 Å². The topological polar surface area (TPSA) is 41.1 Å². The summed E-state index contributed by atoms with van der Waals surface area (Å²) in [6, 6.07) is 3.52. The third-order valence-corrected chi connectivity index (χ3v) is 3.88. The summed E-state index contributed by atoms with van der Waals surface area (Å²) in [6.07, 6.45) is 2.90. The number of hydrogen-bond acceptors (Lipinski definition) is 2. The predicted molar refractivity (Wildman–Crippen MR) is 78.6 cm³/mol. The van der Waals surface area contributed by atoms with Gasteiger partial charge in [-0.1, -0.05) is 13.0 Å². The maximum atomic E-state index is 14.3. The van der Waals surface area contributed by atoms with Crippen LogP contribution in [0.2, 0.25) is 0 Å². The van der Waals surface area contributed by atoms with Crippen LogP contribution in [0.4, 0.5) is 4.39 Å². The number of benzene rings is 1. The maximum absolute atomic E-state index is 14.3. The molecule has 0 spiro atoms. The Bertz CT molecular complexity index is 458. The molecule has 1 aromatic rings. The molecule has 3 nitrogen and oxygen atoms in total. The standard InChI is InChI=1S/C16H23FN2O/c1-3-6-19-16(20)15-11(2)9-13(10-14(15)17)12-4-7-18-8-5-12/h9-10,12,18H,3-8H2,1-2H3,(H,19,20). The number of rotatable bonds is 4. The Labute approximate surface area is 120 Å². The van der Waals surface area contributed by atoms with Gasteiger partial charge in [0.05, 0.1) is 5.56 Å². The van der Waals surface area contributed by atoms with Crippen LogP contribution in [0.1, 0.15) is 53.6 Å². The fraction of sp³-hybridized carbons (Fsp3) is 0.562. The van der Waals surface area contributed by atoms with E-state index in [4.69, 9.17) is 0 Å². The lowest BCUT2D eigenvalue weighted by Crippen LogP contribution is -2.28. The molecule has 0 atom stereocenters. The van der Waals surface area contributed by atoms with Crippen LogP contribution in [0.3, 0.4) is 0 Å². The van der Waals surface area contributed by atoms with Crippen molar-refractivity contribution in [3.8, 4) is 0 Å². The molecule has 0 aliphatic carbocycles. The number of halogens is 1. The van der Waals surface area contributed by atoms with E-state index in [0.29, 0.717) is 12.5 Å². The van der Waals surface area contributed by atoms with E-state index in [1.807, 2.05) is 19.9 Å². The van der Waals surface area contributed by atoms with Crippen molar-refractivity contribution in [2.45, 2.75) is 39.0 Å². The molecular weight excluding hydrogens is 255 g/mol. The molecule has 0 aromatic heterocycles. The van der Waals surface area contributed by atoms with Crippen LogP contribution in [-0.4, -0.2) is 25.5 Å². The van der Waals surface area contributed by atoms with Crippen molar-refractivity contribution >= 4 is 5.91 Å². The fourth-order valence-corrected chi connectivity index (χ4v) is 2.78. The smallest absolute Gasteiger partial charge is 0.254 e. The second-order valence-electron chi connectivity index (χ2n) is 5.47. The minimum atomic E-state index is -0.396. The van der Waals surface area contributed by atoms with Gasteiger partial charge in [0.25, 0.3) is 5.91 Å². The van der Waals surface area contributed by atoms with E-state index in [2.05, 4.69) is 10.6 Å². The lowest BCUT2D eigenvalue weighted by molar-refractivity contribution is 0.0949. The number of carbonyl (C=O) groups is 1. The number of piperidine rings is 1. The molecule has 0 radical (unpaired) electrons. The molecule has 4 heteroatoms. The molecule has 1 saturated heterocycles. The first-order valence-electron chi connectivity index (χ1n) is 7.42. The molecule has 1 amide bonds. The lowest BCUT2D eigenvalue weighted by atomic mass is 9.88. The van der Waals surface area contributed by atoms with Gasteiger partial charge in [-0.2, -0.15) is 0 Å². The lowest BCUT2D eigenvalue weighted by Gasteiger charge is -2.24.